The Balaban J connectivity index is 1.61. The molecule has 1 fully saturated rings. The number of nitrogens with one attached hydrogen (secondary N) is 1. The van der Waals surface area contributed by atoms with Gasteiger partial charge in [0.2, 0.25) is 0 Å². The first-order valence-corrected chi connectivity index (χ1v) is 8.59. The van der Waals surface area contributed by atoms with Crippen molar-refractivity contribution in [1.29, 1.82) is 0 Å². The van der Waals surface area contributed by atoms with Crippen LogP contribution in [0.2, 0.25) is 0 Å². The van der Waals surface area contributed by atoms with Crippen molar-refractivity contribution in [1.82, 2.24) is 4.90 Å². The zero-order valence-corrected chi connectivity index (χ0v) is 15.0. The van der Waals surface area contributed by atoms with Gasteiger partial charge in [-0.25, -0.2) is 4.79 Å². The Labute approximate surface area is 143 Å². The maximum Gasteiger partial charge on any atom is 0.410 e. The van der Waals surface area contributed by atoms with Crippen molar-refractivity contribution in [2.75, 3.05) is 42.9 Å². The third-order valence-corrected chi connectivity index (χ3v) is 4.17. The number of fused-ring (bicyclic) bond motifs is 1. The summed E-state index contributed by atoms with van der Waals surface area (Å²) in [6.45, 7) is 11.5. The van der Waals surface area contributed by atoms with Crippen LogP contribution in [0.3, 0.4) is 0 Å². The van der Waals surface area contributed by atoms with E-state index >= 15 is 0 Å². The largest absolute Gasteiger partial charge is 0.487 e. The lowest BCUT2D eigenvalue weighted by molar-refractivity contribution is 0.0240. The average molecular weight is 333 g/mol. The number of piperazine rings is 1. The van der Waals surface area contributed by atoms with E-state index in [9.17, 15) is 4.79 Å². The third-order valence-electron chi connectivity index (χ3n) is 4.17. The van der Waals surface area contributed by atoms with Crippen LogP contribution in [0.25, 0.3) is 0 Å². The highest BCUT2D eigenvalue weighted by Crippen LogP contribution is 2.33. The highest BCUT2D eigenvalue weighted by Gasteiger charge is 2.26. The summed E-state index contributed by atoms with van der Waals surface area (Å²) < 4.78 is 11.3. The topological polar surface area (TPSA) is 54.0 Å². The monoisotopic (exact) mass is 333 g/mol. The second-order valence-electron chi connectivity index (χ2n) is 7.44. The molecule has 2 heterocycles. The van der Waals surface area contributed by atoms with Crippen molar-refractivity contribution < 1.29 is 14.3 Å². The Morgan fingerprint density at radius 2 is 1.96 bits per heavy atom. The first-order chi connectivity index (χ1) is 11.3. The van der Waals surface area contributed by atoms with Gasteiger partial charge in [0.05, 0.1) is 12.2 Å². The summed E-state index contributed by atoms with van der Waals surface area (Å²) in [5.74, 6) is 0.904. The second-order valence-corrected chi connectivity index (χ2v) is 7.44. The molecular formula is C18H27N3O3. The van der Waals surface area contributed by atoms with E-state index in [-0.39, 0.29) is 12.2 Å². The van der Waals surface area contributed by atoms with E-state index in [0.29, 0.717) is 13.1 Å². The molecule has 1 aromatic carbocycles. The number of amides is 1. The number of hydrogen-bond acceptors (Lipinski definition) is 5. The van der Waals surface area contributed by atoms with Crippen LogP contribution in [0.5, 0.6) is 5.75 Å². The zero-order valence-electron chi connectivity index (χ0n) is 15.0. The van der Waals surface area contributed by atoms with Gasteiger partial charge in [-0.3, -0.25) is 0 Å². The minimum absolute atomic E-state index is 0.178. The van der Waals surface area contributed by atoms with Gasteiger partial charge in [0.25, 0.3) is 0 Å². The lowest BCUT2D eigenvalue weighted by atomic mass is 10.2. The standard InChI is InChI=1S/C18H27N3O3/c1-13-12-19-15-6-5-14(11-16(15)23-13)20-7-9-21(10-8-20)17(22)24-18(2,3)4/h5-6,11,13,19H,7-10,12H2,1-4H3. The van der Waals surface area contributed by atoms with E-state index in [0.717, 1.165) is 36.8 Å². The van der Waals surface area contributed by atoms with Gasteiger partial charge in [-0.1, -0.05) is 0 Å². The summed E-state index contributed by atoms with van der Waals surface area (Å²) in [6, 6.07) is 6.26. The van der Waals surface area contributed by atoms with Crippen molar-refractivity contribution in [2.45, 2.75) is 39.4 Å². The van der Waals surface area contributed by atoms with Crippen LogP contribution < -0.4 is 15.0 Å². The van der Waals surface area contributed by atoms with Crippen molar-refractivity contribution in [2.24, 2.45) is 0 Å². The van der Waals surface area contributed by atoms with Crippen LogP contribution in [0.4, 0.5) is 16.2 Å². The fourth-order valence-electron chi connectivity index (χ4n) is 2.94. The molecular weight excluding hydrogens is 306 g/mol. The quantitative estimate of drug-likeness (QED) is 0.856. The van der Waals surface area contributed by atoms with E-state index in [2.05, 4.69) is 35.3 Å². The van der Waals surface area contributed by atoms with Crippen molar-refractivity contribution >= 4 is 17.5 Å². The number of hydrogen-bond donors (Lipinski definition) is 1. The van der Waals surface area contributed by atoms with Gasteiger partial charge >= 0.3 is 6.09 Å². The van der Waals surface area contributed by atoms with Gasteiger partial charge in [0, 0.05) is 37.9 Å². The smallest absolute Gasteiger partial charge is 0.410 e. The number of carbonyl (C=O) groups is 1. The van der Waals surface area contributed by atoms with Crippen LogP contribution in [0.1, 0.15) is 27.7 Å². The average Bonchev–Trinajstić information content (AvgIpc) is 2.52. The van der Waals surface area contributed by atoms with Gasteiger partial charge < -0.3 is 24.6 Å². The number of rotatable bonds is 1. The number of carbonyl (C=O) groups excluding carboxylic acids is 1. The molecule has 1 N–H and O–H groups in total. The van der Waals surface area contributed by atoms with Crippen molar-refractivity contribution in [3.63, 3.8) is 0 Å². The molecule has 0 spiro atoms. The Bertz CT molecular complexity index is 604. The Kier molecular flexibility index (Phi) is 4.47. The SMILES string of the molecule is CC1CNc2ccc(N3CCN(C(=O)OC(C)(C)C)CC3)cc2O1. The Hall–Kier alpha value is -2.11. The molecule has 24 heavy (non-hydrogen) atoms. The summed E-state index contributed by atoms with van der Waals surface area (Å²) >= 11 is 0. The van der Waals surface area contributed by atoms with Crippen LogP contribution in [-0.4, -0.2) is 55.4 Å². The molecule has 1 atom stereocenters. The van der Waals surface area contributed by atoms with E-state index in [1.807, 2.05) is 20.8 Å². The van der Waals surface area contributed by atoms with Gasteiger partial charge in [-0.05, 0) is 39.8 Å². The molecule has 1 saturated heterocycles. The Morgan fingerprint density at radius 1 is 1.25 bits per heavy atom. The van der Waals surface area contributed by atoms with E-state index in [4.69, 9.17) is 9.47 Å². The number of anilines is 2. The van der Waals surface area contributed by atoms with Crippen LogP contribution in [-0.2, 0) is 4.74 Å². The molecule has 1 unspecified atom stereocenters. The summed E-state index contributed by atoms with van der Waals surface area (Å²) in [7, 11) is 0. The van der Waals surface area contributed by atoms with Crippen molar-refractivity contribution in [3.8, 4) is 5.75 Å². The minimum Gasteiger partial charge on any atom is -0.487 e. The van der Waals surface area contributed by atoms with Gasteiger partial charge in [0.1, 0.15) is 17.5 Å². The molecule has 1 amide bonds. The van der Waals surface area contributed by atoms with Crippen LogP contribution in [0, 0.1) is 0 Å². The molecule has 0 aliphatic carbocycles. The molecule has 1 aromatic rings. The third kappa shape index (κ3) is 3.86. The van der Waals surface area contributed by atoms with Gasteiger partial charge in [0.15, 0.2) is 0 Å². The minimum atomic E-state index is -0.451. The molecule has 2 aliphatic rings. The summed E-state index contributed by atoms with van der Waals surface area (Å²) in [5, 5.41) is 3.37. The predicted molar refractivity (Wildman–Crippen MR) is 95.0 cm³/mol. The molecule has 0 saturated carbocycles. The fourth-order valence-corrected chi connectivity index (χ4v) is 2.94. The molecule has 3 rings (SSSR count). The molecule has 0 bridgehead atoms. The van der Waals surface area contributed by atoms with Crippen LogP contribution in [0.15, 0.2) is 18.2 Å². The maximum absolute atomic E-state index is 12.1. The maximum atomic E-state index is 12.1. The van der Waals surface area contributed by atoms with E-state index in [1.54, 1.807) is 4.90 Å². The number of nitrogens with zero attached hydrogens (tertiary/aromatic N) is 2. The first kappa shape index (κ1) is 16.7. The lowest BCUT2D eigenvalue weighted by Crippen LogP contribution is -2.50. The normalized spacial score (nSPS) is 20.8. The summed E-state index contributed by atoms with van der Waals surface area (Å²) in [4.78, 5) is 16.2. The van der Waals surface area contributed by atoms with Crippen LogP contribution >= 0.6 is 0 Å². The fraction of sp³-hybridized carbons (Fsp3) is 0.611. The Morgan fingerprint density at radius 3 is 2.62 bits per heavy atom. The summed E-state index contributed by atoms with van der Waals surface area (Å²) in [6.07, 6.45) is -0.0503. The highest BCUT2D eigenvalue weighted by atomic mass is 16.6. The molecule has 0 radical (unpaired) electrons. The van der Waals surface area contributed by atoms with E-state index < -0.39 is 5.60 Å². The highest BCUT2D eigenvalue weighted by molar-refractivity contribution is 5.69. The zero-order chi connectivity index (χ0) is 17.3. The number of benzene rings is 1. The van der Waals surface area contributed by atoms with E-state index in [1.165, 1.54) is 0 Å². The molecule has 6 nitrogen and oxygen atoms in total. The lowest BCUT2D eigenvalue weighted by Gasteiger charge is -2.37. The first-order valence-electron chi connectivity index (χ1n) is 8.59. The molecule has 2 aliphatic heterocycles. The van der Waals surface area contributed by atoms with Gasteiger partial charge in [-0.15, -0.1) is 0 Å². The summed E-state index contributed by atoms with van der Waals surface area (Å²) in [5.41, 5.74) is 1.73. The van der Waals surface area contributed by atoms with Crippen molar-refractivity contribution in [3.05, 3.63) is 18.2 Å². The van der Waals surface area contributed by atoms with Gasteiger partial charge in [-0.2, -0.15) is 0 Å². The number of ether oxygens (including phenoxy) is 2. The molecule has 0 aromatic heterocycles. The second kappa shape index (κ2) is 6.42. The molecule has 6 heteroatoms. The molecule has 132 valence electrons. The predicted octanol–water partition coefficient (Wildman–Crippen LogP) is 2.94.